The number of aliphatic hydroxyl groups excluding tert-OH is 1. The molecule has 0 spiro atoms. The van der Waals surface area contributed by atoms with Gasteiger partial charge in [0.15, 0.2) is 0 Å². The topological polar surface area (TPSA) is 78.4 Å². The van der Waals surface area contributed by atoms with Crippen molar-refractivity contribution in [3.8, 4) is 0 Å². The number of carbonyl (C=O) groups is 2. The molecule has 0 radical (unpaired) electrons. The summed E-state index contributed by atoms with van der Waals surface area (Å²) in [5.41, 5.74) is 0.775. The first-order chi connectivity index (χ1) is 10.2. The highest BCUT2D eigenvalue weighted by Crippen LogP contribution is 2.21. The van der Waals surface area contributed by atoms with Gasteiger partial charge >= 0.3 is 0 Å². The normalized spacial score (nSPS) is 12.4. The van der Waals surface area contributed by atoms with Crippen LogP contribution in [0.2, 0.25) is 5.02 Å². The Hall–Kier alpha value is -1.59. The lowest BCUT2D eigenvalue weighted by atomic mass is 10.1. The van der Waals surface area contributed by atoms with Crippen molar-refractivity contribution in [1.82, 2.24) is 5.32 Å². The van der Waals surface area contributed by atoms with E-state index in [1.54, 1.807) is 26.0 Å². The second-order valence-electron chi connectivity index (χ2n) is 5.86. The third-order valence-electron chi connectivity index (χ3n) is 3.24. The molecule has 1 atom stereocenters. The Bertz CT molecular complexity index is 544. The van der Waals surface area contributed by atoms with E-state index in [9.17, 15) is 14.7 Å². The van der Waals surface area contributed by atoms with Crippen LogP contribution >= 0.6 is 11.6 Å². The van der Waals surface area contributed by atoms with Gasteiger partial charge in [-0.05, 0) is 24.1 Å². The number of anilines is 1. The van der Waals surface area contributed by atoms with Crippen LogP contribution in [0.3, 0.4) is 0 Å². The molecule has 0 saturated carbocycles. The number of benzene rings is 1. The molecule has 5 nitrogen and oxygen atoms in total. The molecule has 3 N–H and O–H groups in total. The number of rotatable bonds is 6. The highest BCUT2D eigenvalue weighted by molar-refractivity contribution is 6.34. The Morgan fingerprint density at radius 1 is 1.23 bits per heavy atom. The highest BCUT2D eigenvalue weighted by atomic mass is 35.5. The summed E-state index contributed by atoms with van der Waals surface area (Å²) in [5, 5.41) is 15.4. The summed E-state index contributed by atoms with van der Waals surface area (Å²) in [5.74, 6) is -0.629. The number of hydrogen-bond acceptors (Lipinski definition) is 3. The molecule has 0 aromatic heterocycles. The van der Waals surface area contributed by atoms with Crippen LogP contribution in [0.5, 0.6) is 0 Å². The van der Waals surface area contributed by atoms with Crippen LogP contribution < -0.4 is 10.6 Å². The second kappa shape index (κ2) is 8.15. The van der Waals surface area contributed by atoms with E-state index >= 15 is 0 Å². The molecule has 0 bridgehead atoms. The number of aliphatic hydroxyl groups is 1. The number of hydrogen-bond donors (Lipinski definition) is 3. The van der Waals surface area contributed by atoms with E-state index in [0.717, 1.165) is 0 Å². The van der Waals surface area contributed by atoms with Crippen molar-refractivity contribution in [1.29, 1.82) is 0 Å². The number of carbonyl (C=O) groups excluding carboxylic acids is 2. The van der Waals surface area contributed by atoms with Crippen molar-refractivity contribution < 1.29 is 14.7 Å². The quantitative estimate of drug-likeness (QED) is 0.752. The maximum atomic E-state index is 12.1. The molecule has 22 heavy (non-hydrogen) atoms. The SMILES string of the molecule is CC(C)C(=O)Nc1ccc(Cl)c(C(=O)NCC(O)C(C)C)c1. The van der Waals surface area contributed by atoms with E-state index in [-0.39, 0.29) is 35.8 Å². The molecule has 1 aromatic carbocycles. The fraction of sp³-hybridized carbons (Fsp3) is 0.500. The Kier molecular flexibility index (Phi) is 6.84. The summed E-state index contributed by atoms with van der Waals surface area (Å²) in [6, 6.07) is 4.73. The van der Waals surface area contributed by atoms with Gasteiger partial charge in [-0.3, -0.25) is 9.59 Å². The molecule has 0 fully saturated rings. The van der Waals surface area contributed by atoms with Crippen LogP contribution in [-0.4, -0.2) is 29.6 Å². The Morgan fingerprint density at radius 2 is 1.86 bits per heavy atom. The first-order valence-electron chi connectivity index (χ1n) is 7.29. The monoisotopic (exact) mass is 326 g/mol. The van der Waals surface area contributed by atoms with Gasteiger partial charge in [0, 0.05) is 18.2 Å². The molecule has 0 saturated heterocycles. The molecule has 6 heteroatoms. The van der Waals surface area contributed by atoms with Gasteiger partial charge in [0.2, 0.25) is 5.91 Å². The minimum Gasteiger partial charge on any atom is -0.391 e. The summed E-state index contributed by atoms with van der Waals surface area (Å²) in [7, 11) is 0. The van der Waals surface area contributed by atoms with E-state index < -0.39 is 6.10 Å². The van der Waals surface area contributed by atoms with Gasteiger partial charge in [0.05, 0.1) is 16.7 Å². The molecule has 0 aliphatic heterocycles. The lowest BCUT2D eigenvalue weighted by Gasteiger charge is -2.16. The third kappa shape index (κ3) is 5.31. The van der Waals surface area contributed by atoms with Gasteiger partial charge in [0.25, 0.3) is 5.91 Å². The van der Waals surface area contributed by atoms with Gasteiger partial charge in [-0.15, -0.1) is 0 Å². The van der Waals surface area contributed by atoms with Gasteiger partial charge in [-0.25, -0.2) is 0 Å². The summed E-state index contributed by atoms with van der Waals surface area (Å²) in [6.45, 7) is 7.45. The van der Waals surface area contributed by atoms with Crippen molar-refractivity contribution in [3.63, 3.8) is 0 Å². The highest BCUT2D eigenvalue weighted by Gasteiger charge is 2.15. The fourth-order valence-electron chi connectivity index (χ4n) is 1.59. The second-order valence-corrected chi connectivity index (χ2v) is 6.27. The molecule has 1 unspecified atom stereocenters. The fourth-order valence-corrected chi connectivity index (χ4v) is 1.80. The van der Waals surface area contributed by atoms with E-state index in [0.29, 0.717) is 10.7 Å². The molecule has 0 aliphatic rings. The van der Waals surface area contributed by atoms with E-state index in [4.69, 9.17) is 11.6 Å². The Labute approximate surface area is 136 Å². The predicted octanol–water partition coefficient (Wildman–Crippen LogP) is 2.68. The summed E-state index contributed by atoms with van der Waals surface area (Å²) in [6.07, 6.45) is -0.619. The number of halogens is 1. The zero-order valence-electron chi connectivity index (χ0n) is 13.3. The maximum absolute atomic E-state index is 12.1. The smallest absolute Gasteiger partial charge is 0.252 e. The molecule has 0 aliphatic carbocycles. The van der Waals surface area contributed by atoms with Crippen LogP contribution in [-0.2, 0) is 4.79 Å². The van der Waals surface area contributed by atoms with Gasteiger partial charge in [0.1, 0.15) is 0 Å². The third-order valence-corrected chi connectivity index (χ3v) is 3.57. The maximum Gasteiger partial charge on any atom is 0.252 e. The van der Waals surface area contributed by atoms with Crippen LogP contribution in [0.15, 0.2) is 18.2 Å². The average Bonchev–Trinajstić information content (AvgIpc) is 2.45. The average molecular weight is 327 g/mol. The molecular formula is C16H23ClN2O3. The Morgan fingerprint density at radius 3 is 2.41 bits per heavy atom. The van der Waals surface area contributed by atoms with Crippen LogP contribution in [0.25, 0.3) is 0 Å². The Balaban J connectivity index is 2.81. The van der Waals surface area contributed by atoms with Gasteiger partial charge in [-0.1, -0.05) is 39.3 Å². The van der Waals surface area contributed by atoms with Crippen molar-refractivity contribution >= 4 is 29.1 Å². The van der Waals surface area contributed by atoms with Gasteiger partial charge in [-0.2, -0.15) is 0 Å². The first-order valence-corrected chi connectivity index (χ1v) is 7.66. The first kappa shape index (κ1) is 18.5. The summed E-state index contributed by atoms with van der Waals surface area (Å²) >= 11 is 6.03. The van der Waals surface area contributed by atoms with Crippen LogP contribution in [0, 0.1) is 11.8 Å². The van der Waals surface area contributed by atoms with Crippen LogP contribution in [0.4, 0.5) is 5.69 Å². The largest absolute Gasteiger partial charge is 0.391 e. The minimum absolute atomic E-state index is 0.0486. The lowest BCUT2D eigenvalue weighted by Crippen LogP contribution is -2.34. The predicted molar refractivity (Wildman–Crippen MR) is 88.1 cm³/mol. The van der Waals surface area contributed by atoms with Crippen molar-refractivity contribution in [3.05, 3.63) is 28.8 Å². The number of nitrogens with one attached hydrogen (secondary N) is 2. The molecule has 2 amide bonds. The van der Waals surface area contributed by atoms with Gasteiger partial charge < -0.3 is 15.7 Å². The zero-order chi connectivity index (χ0) is 16.9. The molecular weight excluding hydrogens is 304 g/mol. The summed E-state index contributed by atoms with van der Waals surface area (Å²) < 4.78 is 0. The minimum atomic E-state index is -0.619. The lowest BCUT2D eigenvalue weighted by molar-refractivity contribution is -0.118. The molecule has 0 heterocycles. The van der Waals surface area contributed by atoms with E-state index in [1.165, 1.54) is 6.07 Å². The number of amides is 2. The van der Waals surface area contributed by atoms with Crippen molar-refractivity contribution in [2.75, 3.05) is 11.9 Å². The molecule has 122 valence electrons. The van der Waals surface area contributed by atoms with Crippen LogP contribution in [0.1, 0.15) is 38.1 Å². The summed E-state index contributed by atoms with van der Waals surface area (Å²) in [4.78, 5) is 23.8. The van der Waals surface area contributed by atoms with E-state index in [2.05, 4.69) is 10.6 Å². The zero-order valence-corrected chi connectivity index (χ0v) is 14.1. The standard InChI is InChI=1S/C16H23ClN2O3/c1-9(2)14(20)8-18-16(22)12-7-11(5-6-13(12)17)19-15(21)10(3)4/h5-7,9-10,14,20H,8H2,1-4H3,(H,18,22)(H,19,21). The molecule has 1 rings (SSSR count). The van der Waals surface area contributed by atoms with Crippen molar-refractivity contribution in [2.45, 2.75) is 33.8 Å². The van der Waals surface area contributed by atoms with Crippen molar-refractivity contribution in [2.24, 2.45) is 11.8 Å². The molecule has 1 aromatic rings. The van der Waals surface area contributed by atoms with E-state index in [1.807, 2.05) is 13.8 Å².